The molecule has 6 nitrogen and oxygen atoms in total. The van der Waals surface area contributed by atoms with Crippen LogP contribution in [0.3, 0.4) is 0 Å². The molecular weight excluding hydrogens is 368 g/mol. The molecular formula is C23H18N2O4. The average Bonchev–Trinajstić information content (AvgIpc) is 3.21. The summed E-state index contributed by atoms with van der Waals surface area (Å²) in [5, 5.41) is 9.74. The molecule has 0 spiro atoms. The normalized spacial score (nSPS) is 22.8. The number of ether oxygens (including phenoxy) is 3. The Bertz CT molecular complexity index is 1110. The van der Waals surface area contributed by atoms with E-state index >= 15 is 0 Å². The van der Waals surface area contributed by atoms with E-state index in [-0.39, 0.29) is 30.0 Å². The van der Waals surface area contributed by atoms with Crippen molar-refractivity contribution in [3.8, 4) is 17.6 Å². The summed E-state index contributed by atoms with van der Waals surface area (Å²) < 4.78 is 16.7. The lowest BCUT2D eigenvalue weighted by Crippen LogP contribution is -2.29. The van der Waals surface area contributed by atoms with Crippen LogP contribution in [0.15, 0.2) is 71.3 Å². The highest BCUT2D eigenvalue weighted by molar-refractivity contribution is 6.00. The first-order valence-corrected chi connectivity index (χ1v) is 9.44. The number of allylic oxidation sites excluding steroid dienone is 3. The smallest absolute Gasteiger partial charge is 0.231 e. The van der Waals surface area contributed by atoms with Gasteiger partial charge >= 0.3 is 0 Å². The molecule has 6 heteroatoms. The van der Waals surface area contributed by atoms with Gasteiger partial charge in [0.15, 0.2) is 17.3 Å². The van der Waals surface area contributed by atoms with Crippen LogP contribution in [0.2, 0.25) is 0 Å². The number of hydrogen-bond acceptors (Lipinski definition) is 6. The number of nitriles is 1. The second kappa shape index (κ2) is 6.71. The van der Waals surface area contributed by atoms with E-state index in [1.807, 2.05) is 42.5 Å². The number of carbonyl (C=O) groups excluding carboxylic acids is 1. The Morgan fingerprint density at radius 1 is 1.00 bits per heavy atom. The summed E-state index contributed by atoms with van der Waals surface area (Å²) in [7, 11) is 0. The van der Waals surface area contributed by atoms with Gasteiger partial charge in [0.2, 0.25) is 12.7 Å². The zero-order valence-corrected chi connectivity index (χ0v) is 15.6. The minimum atomic E-state index is -0.567. The molecule has 0 radical (unpaired) electrons. The van der Waals surface area contributed by atoms with E-state index < -0.39 is 5.92 Å². The highest BCUT2D eigenvalue weighted by atomic mass is 16.7. The second-order valence-electron chi connectivity index (χ2n) is 7.31. The van der Waals surface area contributed by atoms with Gasteiger partial charge in [-0.05, 0) is 29.2 Å². The van der Waals surface area contributed by atoms with Crippen molar-refractivity contribution >= 4 is 5.78 Å². The van der Waals surface area contributed by atoms with Gasteiger partial charge in [-0.15, -0.1) is 0 Å². The van der Waals surface area contributed by atoms with Crippen LogP contribution in [0.1, 0.15) is 35.8 Å². The summed E-state index contributed by atoms with van der Waals surface area (Å²) >= 11 is 0. The van der Waals surface area contributed by atoms with Crippen molar-refractivity contribution in [2.75, 3.05) is 6.79 Å². The van der Waals surface area contributed by atoms with E-state index in [4.69, 9.17) is 19.9 Å². The van der Waals surface area contributed by atoms with Crippen molar-refractivity contribution in [3.05, 3.63) is 82.4 Å². The molecule has 0 amide bonds. The molecule has 0 fully saturated rings. The van der Waals surface area contributed by atoms with Crippen LogP contribution in [0, 0.1) is 11.3 Å². The van der Waals surface area contributed by atoms with Crippen LogP contribution in [-0.2, 0) is 9.53 Å². The zero-order valence-electron chi connectivity index (χ0n) is 15.6. The molecule has 2 atom stereocenters. The topological polar surface area (TPSA) is 94.6 Å². The number of Topliss-reactive ketones (excluding diaryl/α,β-unsaturated/α-hetero) is 1. The maximum atomic E-state index is 13.2. The lowest BCUT2D eigenvalue weighted by Gasteiger charge is -2.34. The number of rotatable bonds is 2. The van der Waals surface area contributed by atoms with Crippen LogP contribution in [0.25, 0.3) is 0 Å². The van der Waals surface area contributed by atoms with Gasteiger partial charge in [-0.3, -0.25) is 4.79 Å². The zero-order chi connectivity index (χ0) is 20.0. The predicted octanol–water partition coefficient (Wildman–Crippen LogP) is 3.62. The highest BCUT2D eigenvalue weighted by Crippen LogP contribution is 2.48. The standard InChI is InChI=1S/C23H18N2O4/c24-11-16-21(14-6-7-18-19(9-14)28-12-27-18)22-17(26)8-15(10-20(22)29-23(16)25)13-4-2-1-3-5-13/h1-7,9,15,21H,8,10,12,25H2/t15-,21-/m1/s1. The van der Waals surface area contributed by atoms with Crippen LogP contribution in [0.4, 0.5) is 0 Å². The Morgan fingerprint density at radius 3 is 2.59 bits per heavy atom. The summed E-state index contributed by atoms with van der Waals surface area (Å²) in [4.78, 5) is 13.2. The maximum absolute atomic E-state index is 13.2. The fourth-order valence-electron chi connectivity index (χ4n) is 4.29. The van der Waals surface area contributed by atoms with Crippen LogP contribution in [0.5, 0.6) is 11.5 Å². The Labute approximate surface area is 167 Å². The average molecular weight is 386 g/mol. The quantitative estimate of drug-likeness (QED) is 0.847. The number of fused-ring (bicyclic) bond motifs is 1. The number of benzene rings is 2. The van der Waals surface area contributed by atoms with Gasteiger partial charge in [-0.2, -0.15) is 5.26 Å². The molecule has 2 aromatic rings. The fourth-order valence-corrected chi connectivity index (χ4v) is 4.29. The van der Waals surface area contributed by atoms with Gasteiger partial charge in [0.05, 0.1) is 5.92 Å². The molecule has 144 valence electrons. The lowest BCUT2D eigenvalue weighted by atomic mass is 9.73. The van der Waals surface area contributed by atoms with E-state index in [1.54, 1.807) is 6.07 Å². The molecule has 0 bridgehead atoms. The maximum Gasteiger partial charge on any atom is 0.231 e. The van der Waals surface area contributed by atoms with Crippen molar-refractivity contribution in [3.63, 3.8) is 0 Å². The predicted molar refractivity (Wildman–Crippen MR) is 104 cm³/mol. The lowest BCUT2D eigenvalue weighted by molar-refractivity contribution is -0.117. The Kier molecular flexibility index (Phi) is 4.02. The summed E-state index contributed by atoms with van der Waals surface area (Å²) in [5.74, 6) is 1.27. The number of nitrogens with zero attached hydrogens (tertiary/aromatic N) is 1. The largest absolute Gasteiger partial charge is 0.454 e. The van der Waals surface area contributed by atoms with Crippen molar-refractivity contribution in [2.24, 2.45) is 5.73 Å². The number of nitrogens with two attached hydrogens (primary N) is 1. The van der Waals surface area contributed by atoms with E-state index in [9.17, 15) is 10.1 Å². The summed E-state index contributed by atoms with van der Waals surface area (Å²) in [6.45, 7) is 0.154. The monoisotopic (exact) mass is 386 g/mol. The summed E-state index contributed by atoms with van der Waals surface area (Å²) in [5.41, 5.74) is 8.71. The highest BCUT2D eigenvalue weighted by Gasteiger charge is 2.41. The Morgan fingerprint density at radius 2 is 1.79 bits per heavy atom. The molecule has 3 aliphatic rings. The van der Waals surface area contributed by atoms with Gasteiger partial charge in [-0.25, -0.2) is 0 Å². The van der Waals surface area contributed by atoms with Crippen LogP contribution >= 0.6 is 0 Å². The fraction of sp³-hybridized carbons (Fsp3) is 0.217. The van der Waals surface area contributed by atoms with Gasteiger partial charge in [0.25, 0.3) is 0 Å². The minimum absolute atomic E-state index is 0.0243. The SMILES string of the molecule is N#CC1=C(N)OC2=C(C(=O)C[C@@H](c3ccccc3)C2)[C@@H]1c1ccc2c(c1)OCO2. The summed E-state index contributed by atoms with van der Waals surface area (Å²) in [6, 6.07) is 17.5. The molecule has 0 saturated carbocycles. The van der Waals surface area contributed by atoms with E-state index in [2.05, 4.69) is 6.07 Å². The third-order valence-electron chi connectivity index (χ3n) is 5.66. The minimum Gasteiger partial charge on any atom is -0.454 e. The van der Waals surface area contributed by atoms with Crippen molar-refractivity contribution in [2.45, 2.75) is 24.7 Å². The first-order chi connectivity index (χ1) is 14.2. The molecule has 2 aromatic carbocycles. The van der Waals surface area contributed by atoms with Crippen molar-refractivity contribution in [1.29, 1.82) is 5.26 Å². The molecule has 1 aliphatic carbocycles. The molecule has 0 saturated heterocycles. The molecule has 2 N–H and O–H groups in total. The third kappa shape index (κ3) is 2.83. The van der Waals surface area contributed by atoms with Gasteiger partial charge < -0.3 is 19.9 Å². The molecule has 5 rings (SSSR count). The first kappa shape index (κ1) is 17.4. The Balaban J connectivity index is 1.59. The second-order valence-corrected chi connectivity index (χ2v) is 7.31. The van der Waals surface area contributed by atoms with Crippen molar-refractivity contribution < 1.29 is 19.0 Å². The van der Waals surface area contributed by atoms with Gasteiger partial charge in [0.1, 0.15) is 17.4 Å². The van der Waals surface area contributed by atoms with Crippen LogP contribution < -0.4 is 15.2 Å². The van der Waals surface area contributed by atoms with Crippen LogP contribution in [-0.4, -0.2) is 12.6 Å². The third-order valence-corrected chi connectivity index (χ3v) is 5.66. The molecule has 0 aromatic heterocycles. The van der Waals surface area contributed by atoms with Crippen molar-refractivity contribution in [1.82, 2.24) is 0 Å². The first-order valence-electron chi connectivity index (χ1n) is 9.44. The van der Waals surface area contributed by atoms with E-state index in [1.165, 1.54) is 0 Å². The number of ketones is 1. The van der Waals surface area contributed by atoms with E-state index in [0.717, 1.165) is 11.1 Å². The van der Waals surface area contributed by atoms with E-state index in [0.29, 0.717) is 35.7 Å². The Hall–Kier alpha value is -3.72. The number of hydrogen-bond donors (Lipinski definition) is 1. The molecule has 0 unspecified atom stereocenters. The molecule has 29 heavy (non-hydrogen) atoms. The number of carbonyl (C=O) groups is 1. The van der Waals surface area contributed by atoms with Gasteiger partial charge in [-0.1, -0.05) is 36.4 Å². The summed E-state index contributed by atoms with van der Waals surface area (Å²) in [6.07, 6.45) is 0.928. The molecule has 2 heterocycles. The van der Waals surface area contributed by atoms with Gasteiger partial charge in [0, 0.05) is 18.4 Å². The molecule has 2 aliphatic heterocycles.